The number of hydrogen-bond acceptors (Lipinski definition) is 11. The fourth-order valence-electron chi connectivity index (χ4n) is 5.63. The van der Waals surface area contributed by atoms with Crippen LogP contribution in [-0.4, -0.2) is 89.9 Å². The van der Waals surface area contributed by atoms with E-state index in [2.05, 4.69) is 19.6 Å². The summed E-state index contributed by atoms with van der Waals surface area (Å²) in [7, 11) is 0. The number of piperazine rings is 2. The molecule has 2 aliphatic rings. The summed E-state index contributed by atoms with van der Waals surface area (Å²) in [6.45, 7) is 12.7. The lowest BCUT2D eigenvalue weighted by Gasteiger charge is -2.42. The van der Waals surface area contributed by atoms with E-state index in [0.29, 0.717) is 63.5 Å². The van der Waals surface area contributed by atoms with Gasteiger partial charge in [0.1, 0.15) is 11.4 Å². The first-order valence-electron chi connectivity index (χ1n) is 13.5. The number of aryl methyl sites for hydroxylation is 2. The SMILES string of the molecule is Cc1cc(N2CCN(C(C)C(=O)C(C)N3CCN(c4cc(C)c(N)c([N+](=O)[O-])c4)CC3)CC2)cc([N+](=O)[O-])c1N. The molecule has 2 heterocycles. The lowest BCUT2D eigenvalue weighted by molar-refractivity contribution is -0.384. The van der Waals surface area contributed by atoms with Crippen molar-refractivity contribution in [3.05, 3.63) is 55.6 Å². The summed E-state index contributed by atoms with van der Waals surface area (Å²) in [6, 6.07) is 6.27. The van der Waals surface area contributed by atoms with Gasteiger partial charge < -0.3 is 21.3 Å². The molecule has 2 aromatic rings. The summed E-state index contributed by atoms with van der Waals surface area (Å²) in [5.41, 5.74) is 14.9. The van der Waals surface area contributed by atoms with E-state index in [9.17, 15) is 25.0 Å². The van der Waals surface area contributed by atoms with E-state index < -0.39 is 9.85 Å². The Kier molecular flexibility index (Phi) is 8.45. The molecule has 0 radical (unpaired) electrons. The Balaban J connectivity index is 1.33. The normalized spacial score (nSPS) is 18.4. The average molecular weight is 555 g/mol. The predicted molar refractivity (Wildman–Crippen MR) is 156 cm³/mol. The number of rotatable bonds is 8. The van der Waals surface area contributed by atoms with Crippen LogP contribution in [0.3, 0.4) is 0 Å². The molecule has 4 N–H and O–H groups in total. The molecule has 13 heteroatoms. The molecule has 0 aromatic heterocycles. The second-order valence-corrected chi connectivity index (χ2v) is 10.7. The lowest BCUT2D eigenvalue weighted by Crippen LogP contribution is -2.57. The van der Waals surface area contributed by atoms with Crippen LogP contribution in [0, 0.1) is 34.1 Å². The highest BCUT2D eigenvalue weighted by Gasteiger charge is 2.33. The molecule has 216 valence electrons. The monoisotopic (exact) mass is 554 g/mol. The van der Waals surface area contributed by atoms with Crippen LogP contribution in [-0.2, 0) is 4.79 Å². The molecule has 2 fully saturated rings. The number of nitrogen functional groups attached to an aromatic ring is 2. The summed E-state index contributed by atoms with van der Waals surface area (Å²) < 4.78 is 0. The van der Waals surface area contributed by atoms with Gasteiger partial charge in [0.15, 0.2) is 5.78 Å². The Bertz CT molecular complexity index is 1200. The van der Waals surface area contributed by atoms with Crippen LogP contribution >= 0.6 is 0 Å². The summed E-state index contributed by atoms with van der Waals surface area (Å²) in [5, 5.41) is 22.8. The number of carbonyl (C=O) groups excluding carboxylic acids is 1. The molecular formula is C27H38N8O5. The summed E-state index contributed by atoms with van der Waals surface area (Å²) in [6.07, 6.45) is 0. The maximum absolute atomic E-state index is 13.5. The largest absolute Gasteiger partial charge is 0.393 e. The van der Waals surface area contributed by atoms with Gasteiger partial charge in [-0.05, 0) is 51.0 Å². The first-order valence-corrected chi connectivity index (χ1v) is 13.5. The number of nitro groups is 2. The van der Waals surface area contributed by atoms with E-state index in [1.807, 2.05) is 26.0 Å². The number of anilines is 4. The van der Waals surface area contributed by atoms with Gasteiger partial charge in [0, 0.05) is 75.9 Å². The molecular weight excluding hydrogens is 516 g/mol. The minimum atomic E-state index is -0.454. The Hall–Kier alpha value is -3.97. The Labute approximate surface area is 233 Å². The van der Waals surface area contributed by atoms with Crippen molar-refractivity contribution in [3.63, 3.8) is 0 Å². The molecule has 2 aromatic carbocycles. The van der Waals surface area contributed by atoms with Gasteiger partial charge in [0.2, 0.25) is 0 Å². The number of benzene rings is 2. The first kappa shape index (κ1) is 29.0. The number of Topliss-reactive ketones (excluding diaryl/α,β-unsaturated/α-hetero) is 1. The molecule has 0 amide bonds. The highest BCUT2D eigenvalue weighted by atomic mass is 16.6. The molecule has 0 saturated carbocycles. The zero-order chi connectivity index (χ0) is 29.3. The molecule has 40 heavy (non-hydrogen) atoms. The fraction of sp³-hybridized carbons (Fsp3) is 0.519. The van der Waals surface area contributed by atoms with Crippen molar-refractivity contribution in [1.82, 2.24) is 9.80 Å². The zero-order valence-electron chi connectivity index (χ0n) is 23.5. The van der Waals surface area contributed by atoms with Crippen molar-refractivity contribution < 1.29 is 14.6 Å². The van der Waals surface area contributed by atoms with E-state index in [1.54, 1.807) is 13.8 Å². The molecule has 0 aliphatic carbocycles. The second kappa shape index (κ2) is 11.6. The number of nitrogens with two attached hydrogens (primary N) is 2. The van der Waals surface area contributed by atoms with Gasteiger partial charge in [-0.25, -0.2) is 0 Å². The van der Waals surface area contributed by atoms with Crippen molar-refractivity contribution in [1.29, 1.82) is 0 Å². The minimum Gasteiger partial charge on any atom is -0.393 e. The summed E-state index contributed by atoms with van der Waals surface area (Å²) in [5.74, 6) is 0.153. The van der Waals surface area contributed by atoms with Crippen molar-refractivity contribution >= 4 is 39.9 Å². The molecule has 0 bridgehead atoms. The molecule has 2 atom stereocenters. The van der Waals surface area contributed by atoms with Crippen LogP contribution in [0.2, 0.25) is 0 Å². The molecule has 4 rings (SSSR count). The number of carbonyl (C=O) groups is 1. The second-order valence-electron chi connectivity index (χ2n) is 10.7. The number of nitrogens with zero attached hydrogens (tertiary/aromatic N) is 6. The zero-order valence-corrected chi connectivity index (χ0v) is 23.5. The van der Waals surface area contributed by atoms with Crippen molar-refractivity contribution in [2.75, 3.05) is 73.6 Å². The highest BCUT2D eigenvalue weighted by molar-refractivity contribution is 5.88. The third-order valence-electron chi connectivity index (χ3n) is 8.37. The third-order valence-corrected chi connectivity index (χ3v) is 8.37. The van der Waals surface area contributed by atoms with Gasteiger partial charge in [-0.2, -0.15) is 0 Å². The smallest absolute Gasteiger partial charge is 0.294 e. The van der Waals surface area contributed by atoms with Crippen LogP contribution in [0.15, 0.2) is 24.3 Å². The standard InChI is InChI=1S/C27H38N8O5/c1-17-13-21(15-23(25(17)28)34(37)38)32-9-5-30(6-10-32)19(3)27(36)20(4)31-7-11-33(12-8-31)22-14-18(2)26(29)24(16-22)35(39)40/h13-16,19-20H,5-12,28-29H2,1-4H3. The summed E-state index contributed by atoms with van der Waals surface area (Å²) >= 11 is 0. The molecule has 2 saturated heterocycles. The minimum absolute atomic E-state index is 0.0837. The Morgan fingerprint density at radius 1 is 0.700 bits per heavy atom. The average Bonchev–Trinajstić information content (AvgIpc) is 2.94. The summed E-state index contributed by atoms with van der Waals surface area (Å²) in [4.78, 5) is 43.9. The predicted octanol–water partition coefficient (Wildman–Crippen LogP) is 2.57. The highest BCUT2D eigenvalue weighted by Crippen LogP contribution is 2.33. The maximum Gasteiger partial charge on any atom is 0.294 e. The molecule has 2 aliphatic heterocycles. The van der Waals surface area contributed by atoms with Gasteiger partial charge in [-0.1, -0.05) is 0 Å². The van der Waals surface area contributed by atoms with Crippen molar-refractivity contribution in [2.24, 2.45) is 0 Å². The van der Waals surface area contributed by atoms with Crippen LogP contribution in [0.5, 0.6) is 0 Å². The third kappa shape index (κ3) is 5.80. The lowest BCUT2D eigenvalue weighted by atomic mass is 10.0. The van der Waals surface area contributed by atoms with Gasteiger partial charge >= 0.3 is 0 Å². The van der Waals surface area contributed by atoms with Gasteiger partial charge in [0.25, 0.3) is 11.4 Å². The van der Waals surface area contributed by atoms with Crippen molar-refractivity contribution in [2.45, 2.75) is 39.8 Å². The number of nitro benzene ring substituents is 2. The van der Waals surface area contributed by atoms with E-state index in [-0.39, 0.29) is 40.6 Å². The topological polar surface area (TPSA) is 168 Å². The van der Waals surface area contributed by atoms with Crippen molar-refractivity contribution in [3.8, 4) is 0 Å². The quantitative estimate of drug-likeness (QED) is 0.279. The Morgan fingerprint density at radius 2 is 1.02 bits per heavy atom. The fourth-order valence-corrected chi connectivity index (χ4v) is 5.63. The van der Waals surface area contributed by atoms with Crippen LogP contribution in [0.1, 0.15) is 25.0 Å². The van der Waals surface area contributed by atoms with Gasteiger partial charge in [-0.3, -0.25) is 34.8 Å². The number of hydrogen-bond donors (Lipinski definition) is 2. The number of ketones is 1. The van der Waals surface area contributed by atoms with E-state index in [4.69, 9.17) is 11.5 Å². The molecule has 0 spiro atoms. The van der Waals surface area contributed by atoms with Crippen LogP contribution < -0.4 is 21.3 Å². The molecule has 2 unspecified atom stereocenters. The van der Waals surface area contributed by atoms with Gasteiger partial charge in [-0.15, -0.1) is 0 Å². The first-order chi connectivity index (χ1) is 18.9. The maximum atomic E-state index is 13.5. The van der Waals surface area contributed by atoms with Crippen LogP contribution in [0.25, 0.3) is 0 Å². The Morgan fingerprint density at radius 3 is 1.32 bits per heavy atom. The van der Waals surface area contributed by atoms with Gasteiger partial charge in [0.05, 0.1) is 21.9 Å². The van der Waals surface area contributed by atoms with E-state index in [1.165, 1.54) is 12.1 Å². The molecule has 13 nitrogen and oxygen atoms in total. The van der Waals surface area contributed by atoms with E-state index in [0.717, 1.165) is 11.4 Å². The van der Waals surface area contributed by atoms with E-state index >= 15 is 0 Å². The van der Waals surface area contributed by atoms with Crippen LogP contribution in [0.4, 0.5) is 34.1 Å².